The third kappa shape index (κ3) is 5.57. The standard InChI is InChI=1S/C20H25N3O2/c1-16-8-10-23(15-16)11-12-25-19-6-4-18(5-7-19)22-20(24)13-17-3-2-9-21-14-17/h2-7,9,14,16H,8,10-13,15H2,1H3,(H,22,24). The van der Waals surface area contributed by atoms with Crippen molar-refractivity contribution < 1.29 is 9.53 Å². The van der Waals surface area contributed by atoms with Crippen LogP contribution >= 0.6 is 0 Å². The molecule has 2 aromatic rings. The van der Waals surface area contributed by atoms with E-state index in [-0.39, 0.29) is 5.91 Å². The first kappa shape index (κ1) is 17.4. The molecule has 0 bridgehead atoms. The predicted molar refractivity (Wildman–Crippen MR) is 98.7 cm³/mol. The minimum Gasteiger partial charge on any atom is -0.492 e. The molecule has 1 amide bonds. The average molecular weight is 339 g/mol. The predicted octanol–water partition coefficient (Wildman–Crippen LogP) is 2.98. The number of pyridine rings is 1. The van der Waals surface area contributed by atoms with Crippen LogP contribution in [0, 0.1) is 5.92 Å². The minimum absolute atomic E-state index is 0.0511. The van der Waals surface area contributed by atoms with Crippen LogP contribution in [0.4, 0.5) is 5.69 Å². The Labute approximate surface area is 149 Å². The van der Waals surface area contributed by atoms with Gasteiger partial charge < -0.3 is 10.1 Å². The summed E-state index contributed by atoms with van der Waals surface area (Å²) in [4.78, 5) is 18.5. The van der Waals surface area contributed by atoms with Crippen LogP contribution in [-0.4, -0.2) is 42.0 Å². The Morgan fingerprint density at radius 2 is 2.16 bits per heavy atom. The molecule has 0 aliphatic carbocycles. The highest BCUT2D eigenvalue weighted by molar-refractivity contribution is 5.92. The maximum Gasteiger partial charge on any atom is 0.228 e. The van der Waals surface area contributed by atoms with Crippen LogP contribution in [0.5, 0.6) is 5.75 Å². The third-order valence-electron chi connectivity index (χ3n) is 4.41. The van der Waals surface area contributed by atoms with E-state index < -0.39 is 0 Å². The lowest BCUT2D eigenvalue weighted by atomic mass is 10.2. The SMILES string of the molecule is CC1CCN(CCOc2ccc(NC(=O)Cc3cccnc3)cc2)C1. The van der Waals surface area contributed by atoms with Crippen molar-refractivity contribution in [2.45, 2.75) is 19.8 Å². The zero-order valence-electron chi connectivity index (χ0n) is 14.6. The summed E-state index contributed by atoms with van der Waals surface area (Å²) in [6, 6.07) is 11.3. The van der Waals surface area contributed by atoms with Gasteiger partial charge in [-0.05, 0) is 54.8 Å². The van der Waals surface area contributed by atoms with Crippen molar-refractivity contribution in [2.24, 2.45) is 5.92 Å². The van der Waals surface area contributed by atoms with E-state index in [9.17, 15) is 4.79 Å². The van der Waals surface area contributed by atoms with Crippen LogP contribution < -0.4 is 10.1 Å². The summed E-state index contributed by atoms with van der Waals surface area (Å²) in [7, 11) is 0. The molecule has 0 saturated carbocycles. The number of carbonyl (C=O) groups is 1. The van der Waals surface area contributed by atoms with E-state index in [1.165, 1.54) is 19.5 Å². The van der Waals surface area contributed by atoms with Gasteiger partial charge in [-0.25, -0.2) is 0 Å². The Bertz CT molecular complexity index is 673. The zero-order chi connectivity index (χ0) is 17.5. The zero-order valence-corrected chi connectivity index (χ0v) is 14.6. The van der Waals surface area contributed by atoms with E-state index in [1.54, 1.807) is 12.4 Å². The van der Waals surface area contributed by atoms with Crippen LogP contribution in [-0.2, 0) is 11.2 Å². The van der Waals surface area contributed by atoms with E-state index in [1.807, 2.05) is 36.4 Å². The van der Waals surface area contributed by atoms with Gasteiger partial charge in [0.15, 0.2) is 0 Å². The van der Waals surface area contributed by atoms with Crippen LogP contribution in [0.1, 0.15) is 18.9 Å². The quantitative estimate of drug-likeness (QED) is 0.842. The molecule has 1 aliphatic heterocycles. The van der Waals surface area contributed by atoms with E-state index in [4.69, 9.17) is 4.74 Å². The van der Waals surface area contributed by atoms with Crippen molar-refractivity contribution in [1.29, 1.82) is 0 Å². The number of carbonyl (C=O) groups excluding carboxylic acids is 1. The van der Waals surface area contributed by atoms with Crippen molar-refractivity contribution in [1.82, 2.24) is 9.88 Å². The molecule has 2 heterocycles. The van der Waals surface area contributed by atoms with Crippen LogP contribution in [0.3, 0.4) is 0 Å². The number of anilines is 1. The summed E-state index contributed by atoms with van der Waals surface area (Å²) < 4.78 is 5.80. The first-order valence-corrected chi connectivity index (χ1v) is 8.83. The average Bonchev–Trinajstić information content (AvgIpc) is 3.02. The fraction of sp³-hybridized carbons (Fsp3) is 0.400. The molecule has 1 N–H and O–H groups in total. The summed E-state index contributed by atoms with van der Waals surface area (Å²) >= 11 is 0. The van der Waals surface area contributed by atoms with Gasteiger partial charge in [-0.3, -0.25) is 14.7 Å². The lowest BCUT2D eigenvalue weighted by molar-refractivity contribution is -0.115. The number of ether oxygens (including phenoxy) is 1. The van der Waals surface area contributed by atoms with Crippen molar-refractivity contribution in [3.05, 3.63) is 54.4 Å². The number of amides is 1. The summed E-state index contributed by atoms with van der Waals surface area (Å²) in [5.41, 5.74) is 1.67. The molecule has 1 saturated heterocycles. The van der Waals surface area contributed by atoms with Crippen molar-refractivity contribution in [3.63, 3.8) is 0 Å². The van der Waals surface area contributed by atoms with Gasteiger partial charge in [0, 0.05) is 31.2 Å². The summed E-state index contributed by atoms with van der Waals surface area (Å²) in [6.07, 6.45) is 5.01. The van der Waals surface area contributed by atoms with Crippen LogP contribution in [0.15, 0.2) is 48.8 Å². The molecular weight excluding hydrogens is 314 g/mol. The van der Waals surface area contributed by atoms with E-state index >= 15 is 0 Å². The summed E-state index contributed by atoms with van der Waals surface area (Å²) in [6.45, 7) is 6.30. The molecule has 25 heavy (non-hydrogen) atoms. The Balaban J connectivity index is 1.41. The van der Waals surface area contributed by atoms with E-state index in [0.29, 0.717) is 13.0 Å². The van der Waals surface area contributed by atoms with Gasteiger partial charge in [0.05, 0.1) is 6.42 Å². The second-order valence-corrected chi connectivity index (χ2v) is 6.65. The fourth-order valence-electron chi connectivity index (χ4n) is 3.05. The number of hydrogen-bond donors (Lipinski definition) is 1. The maximum atomic E-state index is 12.0. The molecule has 1 unspecified atom stereocenters. The highest BCUT2D eigenvalue weighted by atomic mass is 16.5. The second-order valence-electron chi connectivity index (χ2n) is 6.65. The largest absolute Gasteiger partial charge is 0.492 e. The first-order valence-electron chi connectivity index (χ1n) is 8.83. The van der Waals surface area contributed by atoms with Crippen molar-refractivity contribution in [3.8, 4) is 5.75 Å². The molecule has 0 spiro atoms. The second kappa shape index (κ2) is 8.62. The highest BCUT2D eigenvalue weighted by Gasteiger charge is 2.17. The molecule has 1 aliphatic rings. The molecule has 5 nitrogen and oxygen atoms in total. The van der Waals surface area contributed by atoms with Gasteiger partial charge in [0.1, 0.15) is 12.4 Å². The number of likely N-dealkylation sites (tertiary alicyclic amines) is 1. The Hall–Kier alpha value is -2.40. The molecule has 132 valence electrons. The Morgan fingerprint density at radius 1 is 1.32 bits per heavy atom. The molecule has 5 heteroatoms. The van der Waals surface area contributed by atoms with E-state index in [2.05, 4.69) is 22.1 Å². The topological polar surface area (TPSA) is 54.5 Å². The number of nitrogens with one attached hydrogen (secondary N) is 1. The molecular formula is C20H25N3O2. The number of nitrogens with zero attached hydrogens (tertiary/aromatic N) is 2. The third-order valence-corrected chi connectivity index (χ3v) is 4.41. The van der Waals surface area contributed by atoms with Crippen LogP contribution in [0.2, 0.25) is 0 Å². The molecule has 3 rings (SSSR count). The van der Waals surface area contributed by atoms with Gasteiger partial charge in [-0.15, -0.1) is 0 Å². The molecule has 1 atom stereocenters. The van der Waals surface area contributed by atoms with Crippen molar-refractivity contribution in [2.75, 3.05) is 31.6 Å². The smallest absolute Gasteiger partial charge is 0.228 e. The first-order chi connectivity index (χ1) is 12.2. The van der Waals surface area contributed by atoms with Gasteiger partial charge >= 0.3 is 0 Å². The number of rotatable bonds is 7. The molecule has 1 fully saturated rings. The minimum atomic E-state index is -0.0511. The normalized spacial score (nSPS) is 17.4. The number of aromatic nitrogens is 1. The highest BCUT2D eigenvalue weighted by Crippen LogP contribution is 2.17. The van der Waals surface area contributed by atoms with Crippen molar-refractivity contribution >= 4 is 11.6 Å². The molecule has 1 aromatic heterocycles. The number of hydrogen-bond acceptors (Lipinski definition) is 4. The monoisotopic (exact) mass is 339 g/mol. The van der Waals surface area contributed by atoms with Gasteiger partial charge in [0.2, 0.25) is 5.91 Å². The van der Waals surface area contributed by atoms with Gasteiger partial charge in [0.25, 0.3) is 0 Å². The maximum absolute atomic E-state index is 12.0. The van der Waals surface area contributed by atoms with E-state index in [0.717, 1.165) is 29.5 Å². The fourth-order valence-corrected chi connectivity index (χ4v) is 3.05. The Kier molecular flexibility index (Phi) is 6.01. The van der Waals surface area contributed by atoms with Gasteiger partial charge in [-0.1, -0.05) is 13.0 Å². The molecule has 1 aromatic carbocycles. The van der Waals surface area contributed by atoms with Crippen LogP contribution in [0.25, 0.3) is 0 Å². The molecule has 0 radical (unpaired) electrons. The number of benzene rings is 1. The summed E-state index contributed by atoms with van der Waals surface area (Å²) in [5.74, 6) is 1.58. The lowest BCUT2D eigenvalue weighted by Crippen LogP contribution is -2.25. The summed E-state index contributed by atoms with van der Waals surface area (Å²) in [5, 5.41) is 2.89. The lowest BCUT2D eigenvalue weighted by Gasteiger charge is -2.15. The van der Waals surface area contributed by atoms with Gasteiger partial charge in [-0.2, -0.15) is 0 Å². The Morgan fingerprint density at radius 3 is 2.84 bits per heavy atom.